The van der Waals surface area contributed by atoms with Crippen molar-refractivity contribution in [2.24, 2.45) is 17.6 Å². The molecule has 0 aliphatic carbocycles. The number of rotatable bonds is 5. The number of amides is 1. The zero-order valence-corrected chi connectivity index (χ0v) is 17.1. The molecule has 29 heavy (non-hydrogen) atoms. The van der Waals surface area contributed by atoms with Crippen LogP contribution in [0.15, 0.2) is 45.6 Å². The van der Waals surface area contributed by atoms with Crippen LogP contribution in [0, 0.1) is 25.7 Å². The van der Waals surface area contributed by atoms with Gasteiger partial charge in [-0.1, -0.05) is 30.3 Å². The monoisotopic (exact) mass is 395 g/mol. The first-order valence-corrected chi connectivity index (χ1v) is 10.4. The van der Waals surface area contributed by atoms with E-state index in [0.717, 1.165) is 39.1 Å². The van der Waals surface area contributed by atoms with Gasteiger partial charge in [-0.05, 0) is 49.8 Å². The number of benzene rings is 1. The van der Waals surface area contributed by atoms with Crippen molar-refractivity contribution in [1.29, 1.82) is 0 Å². The fourth-order valence-corrected chi connectivity index (χ4v) is 4.86. The summed E-state index contributed by atoms with van der Waals surface area (Å²) in [5.41, 5.74) is 8.35. The molecule has 0 bridgehead atoms. The SMILES string of the molecule is Cc1cc(=O)oc(C)c1C(=O)N1CC2CN(CC[C@H](N)c3ccccc3)CC2C1. The van der Waals surface area contributed by atoms with Crippen LogP contribution in [0.4, 0.5) is 0 Å². The largest absolute Gasteiger partial charge is 0.427 e. The van der Waals surface area contributed by atoms with E-state index in [4.69, 9.17) is 10.2 Å². The maximum atomic E-state index is 13.0. The predicted molar refractivity (Wildman–Crippen MR) is 112 cm³/mol. The van der Waals surface area contributed by atoms with Crippen LogP contribution >= 0.6 is 0 Å². The molecule has 0 saturated carbocycles. The lowest BCUT2D eigenvalue weighted by atomic mass is 10.0. The summed E-state index contributed by atoms with van der Waals surface area (Å²) in [5, 5.41) is 0. The van der Waals surface area contributed by atoms with Gasteiger partial charge < -0.3 is 20.0 Å². The van der Waals surface area contributed by atoms with E-state index < -0.39 is 5.63 Å². The van der Waals surface area contributed by atoms with Crippen molar-refractivity contribution in [2.75, 3.05) is 32.7 Å². The molecule has 2 aromatic rings. The molecule has 2 aliphatic rings. The topological polar surface area (TPSA) is 79.8 Å². The molecule has 3 atom stereocenters. The summed E-state index contributed by atoms with van der Waals surface area (Å²) in [6.45, 7) is 8.03. The predicted octanol–water partition coefficient (Wildman–Crippen LogP) is 2.35. The lowest BCUT2D eigenvalue weighted by Crippen LogP contribution is -2.35. The number of nitrogens with zero attached hydrogens (tertiary/aromatic N) is 2. The number of aryl methyl sites for hydroxylation is 2. The minimum atomic E-state index is -0.404. The molecule has 1 amide bonds. The van der Waals surface area contributed by atoms with Crippen molar-refractivity contribution >= 4 is 5.91 Å². The second-order valence-corrected chi connectivity index (χ2v) is 8.48. The van der Waals surface area contributed by atoms with Gasteiger partial charge in [0.1, 0.15) is 5.76 Å². The Morgan fingerprint density at radius 3 is 2.41 bits per heavy atom. The summed E-state index contributed by atoms with van der Waals surface area (Å²) in [6.07, 6.45) is 0.938. The summed E-state index contributed by atoms with van der Waals surface area (Å²) in [5.74, 6) is 1.40. The number of likely N-dealkylation sites (tertiary alicyclic amines) is 2. The lowest BCUT2D eigenvalue weighted by Gasteiger charge is -2.23. The van der Waals surface area contributed by atoms with Crippen LogP contribution in [0.25, 0.3) is 0 Å². The second-order valence-electron chi connectivity index (χ2n) is 8.48. The van der Waals surface area contributed by atoms with Gasteiger partial charge in [-0.25, -0.2) is 4.79 Å². The van der Waals surface area contributed by atoms with Gasteiger partial charge in [0.2, 0.25) is 0 Å². The highest BCUT2D eigenvalue weighted by molar-refractivity contribution is 5.96. The third kappa shape index (κ3) is 4.14. The van der Waals surface area contributed by atoms with E-state index in [1.807, 2.05) is 23.1 Å². The van der Waals surface area contributed by atoms with Gasteiger partial charge in [-0.2, -0.15) is 0 Å². The highest BCUT2D eigenvalue weighted by atomic mass is 16.4. The molecular formula is C23H29N3O3. The molecule has 2 fully saturated rings. The maximum absolute atomic E-state index is 13.0. The quantitative estimate of drug-likeness (QED) is 0.841. The molecule has 4 rings (SSSR count). The molecule has 2 saturated heterocycles. The van der Waals surface area contributed by atoms with Crippen LogP contribution in [-0.4, -0.2) is 48.4 Å². The number of hydrogen-bond donors (Lipinski definition) is 1. The van der Waals surface area contributed by atoms with E-state index in [1.165, 1.54) is 11.6 Å². The van der Waals surface area contributed by atoms with Gasteiger partial charge in [-0.15, -0.1) is 0 Å². The van der Waals surface area contributed by atoms with Gasteiger partial charge >= 0.3 is 5.63 Å². The lowest BCUT2D eigenvalue weighted by molar-refractivity contribution is 0.0769. The summed E-state index contributed by atoms with van der Waals surface area (Å²) < 4.78 is 5.15. The fourth-order valence-electron chi connectivity index (χ4n) is 4.86. The summed E-state index contributed by atoms with van der Waals surface area (Å²) in [7, 11) is 0. The van der Waals surface area contributed by atoms with E-state index in [0.29, 0.717) is 28.7 Å². The number of carbonyl (C=O) groups excluding carboxylic acids is 1. The number of nitrogens with two attached hydrogens (primary N) is 1. The molecular weight excluding hydrogens is 366 g/mol. The normalized spacial score (nSPS) is 22.7. The average Bonchev–Trinajstić information content (AvgIpc) is 3.24. The molecule has 6 nitrogen and oxygen atoms in total. The Balaban J connectivity index is 1.32. The van der Waals surface area contributed by atoms with Crippen LogP contribution in [0.1, 0.15) is 39.7 Å². The van der Waals surface area contributed by atoms with E-state index in [-0.39, 0.29) is 11.9 Å². The minimum absolute atomic E-state index is 0.0178. The van der Waals surface area contributed by atoms with Crippen LogP contribution in [0.5, 0.6) is 0 Å². The highest BCUT2D eigenvalue weighted by Crippen LogP contribution is 2.33. The standard InChI is InChI=1S/C23H29N3O3/c1-15-10-21(27)29-16(2)22(15)23(28)26-13-18-11-25(12-19(18)14-26)9-8-20(24)17-6-4-3-5-7-17/h3-7,10,18-20H,8-9,11-14,24H2,1-2H3/t18?,19?,20-/m0/s1. The average molecular weight is 396 g/mol. The van der Waals surface area contributed by atoms with Gasteiger partial charge in [0.25, 0.3) is 5.91 Å². The van der Waals surface area contributed by atoms with Gasteiger partial charge in [-0.3, -0.25) is 4.79 Å². The third-order valence-electron chi connectivity index (χ3n) is 6.38. The highest BCUT2D eigenvalue weighted by Gasteiger charge is 2.42. The molecule has 6 heteroatoms. The summed E-state index contributed by atoms with van der Waals surface area (Å²) in [4.78, 5) is 28.9. The molecule has 1 aromatic heterocycles. The third-order valence-corrected chi connectivity index (χ3v) is 6.38. The molecule has 0 spiro atoms. The molecule has 2 unspecified atom stereocenters. The molecule has 3 heterocycles. The molecule has 154 valence electrons. The summed E-state index contributed by atoms with van der Waals surface area (Å²) in [6, 6.07) is 11.7. The molecule has 2 N–H and O–H groups in total. The smallest absolute Gasteiger partial charge is 0.336 e. The molecule has 1 aromatic carbocycles. The van der Waals surface area contributed by atoms with Crippen molar-refractivity contribution < 1.29 is 9.21 Å². The Morgan fingerprint density at radius 2 is 1.79 bits per heavy atom. The first kappa shape index (κ1) is 19.9. The van der Waals surface area contributed by atoms with Crippen LogP contribution in [-0.2, 0) is 0 Å². The van der Waals surface area contributed by atoms with E-state index >= 15 is 0 Å². The Hall–Kier alpha value is -2.44. The van der Waals surface area contributed by atoms with Crippen molar-refractivity contribution in [3.63, 3.8) is 0 Å². The fraction of sp³-hybridized carbons (Fsp3) is 0.478. The van der Waals surface area contributed by atoms with Crippen LogP contribution < -0.4 is 11.4 Å². The van der Waals surface area contributed by atoms with Gasteiger partial charge in [0.05, 0.1) is 5.56 Å². The minimum Gasteiger partial charge on any atom is -0.427 e. The van der Waals surface area contributed by atoms with Crippen LogP contribution in [0.2, 0.25) is 0 Å². The second kappa shape index (κ2) is 8.13. The number of carbonyl (C=O) groups is 1. The zero-order chi connectivity index (χ0) is 20.5. The van der Waals surface area contributed by atoms with Crippen molar-refractivity contribution in [3.05, 3.63) is 69.3 Å². The van der Waals surface area contributed by atoms with Crippen molar-refractivity contribution in [1.82, 2.24) is 9.80 Å². The van der Waals surface area contributed by atoms with E-state index in [2.05, 4.69) is 17.0 Å². The Labute approximate surface area is 171 Å². The van der Waals surface area contributed by atoms with Crippen molar-refractivity contribution in [3.8, 4) is 0 Å². The Morgan fingerprint density at radius 1 is 1.14 bits per heavy atom. The van der Waals surface area contributed by atoms with Gasteiger partial charge in [0.15, 0.2) is 0 Å². The maximum Gasteiger partial charge on any atom is 0.336 e. The first-order valence-electron chi connectivity index (χ1n) is 10.4. The first-order chi connectivity index (χ1) is 13.9. The Kier molecular flexibility index (Phi) is 5.56. The summed E-state index contributed by atoms with van der Waals surface area (Å²) >= 11 is 0. The zero-order valence-electron chi connectivity index (χ0n) is 17.1. The molecule has 2 aliphatic heterocycles. The Bertz CT molecular complexity index is 900. The van der Waals surface area contributed by atoms with E-state index in [9.17, 15) is 9.59 Å². The molecule has 0 radical (unpaired) electrons. The van der Waals surface area contributed by atoms with Crippen LogP contribution in [0.3, 0.4) is 0 Å². The number of hydrogen-bond acceptors (Lipinski definition) is 5. The van der Waals surface area contributed by atoms with E-state index in [1.54, 1.807) is 13.8 Å². The number of fused-ring (bicyclic) bond motifs is 1. The van der Waals surface area contributed by atoms with Gasteiger partial charge in [0, 0.05) is 38.3 Å². The van der Waals surface area contributed by atoms with Crippen molar-refractivity contribution in [2.45, 2.75) is 26.3 Å².